The van der Waals surface area contributed by atoms with E-state index in [1.54, 1.807) is 37.5 Å². The van der Waals surface area contributed by atoms with Crippen molar-refractivity contribution in [1.29, 1.82) is 0 Å². The van der Waals surface area contributed by atoms with Gasteiger partial charge in [0.15, 0.2) is 5.78 Å². The molecule has 0 unspecified atom stereocenters. The van der Waals surface area contributed by atoms with Crippen LogP contribution in [0.25, 0.3) is 6.08 Å². The first-order valence-electron chi connectivity index (χ1n) is 8.68. The van der Waals surface area contributed by atoms with Gasteiger partial charge in [-0.3, -0.25) is 4.79 Å². The van der Waals surface area contributed by atoms with E-state index in [2.05, 4.69) is 13.2 Å². The van der Waals surface area contributed by atoms with Crippen molar-refractivity contribution in [3.63, 3.8) is 0 Å². The maximum absolute atomic E-state index is 12.9. The average Bonchev–Trinajstić information content (AvgIpc) is 2.74. The molecule has 28 heavy (non-hydrogen) atoms. The predicted octanol–water partition coefficient (Wildman–Crippen LogP) is 4.73. The minimum atomic E-state index is -0.248. The Kier molecular flexibility index (Phi) is 7.91. The third-order valence-corrected chi connectivity index (χ3v) is 3.77. The summed E-state index contributed by atoms with van der Waals surface area (Å²) >= 11 is 0. The molecule has 0 saturated carbocycles. The quantitative estimate of drug-likeness (QED) is 0.320. The Morgan fingerprint density at radius 2 is 1.54 bits per heavy atom. The highest BCUT2D eigenvalue weighted by molar-refractivity contribution is 6.10. The molecule has 0 amide bonds. The van der Waals surface area contributed by atoms with Gasteiger partial charge in [-0.2, -0.15) is 0 Å². The van der Waals surface area contributed by atoms with E-state index < -0.39 is 0 Å². The molecule has 0 bridgehead atoms. The van der Waals surface area contributed by atoms with E-state index in [1.807, 2.05) is 24.3 Å². The van der Waals surface area contributed by atoms with E-state index in [0.29, 0.717) is 29.4 Å². The summed E-state index contributed by atoms with van der Waals surface area (Å²) in [6.07, 6.45) is 6.43. The molecule has 0 aliphatic rings. The first-order valence-corrected chi connectivity index (χ1v) is 8.68. The van der Waals surface area contributed by atoms with Crippen LogP contribution in [0, 0.1) is 0 Å². The number of allylic oxidation sites excluding steroid dienone is 1. The molecule has 146 valence electrons. The van der Waals surface area contributed by atoms with Gasteiger partial charge in [0.25, 0.3) is 0 Å². The van der Waals surface area contributed by atoms with Crippen molar-refractivity contribution >= 4 is 11.9 Å². The first-order chi connectivity index (χ1) is 13.6. The van der Waals surface area contributed by atoms with Gasteiger partial charge in [0.1, 0.15) is 41.8 Å². The molecule has 2 aromatic rings. The SMILES string of the molecule is C=CCOc1cc(OC)c(C(=O)/C=C/c2ccc(OC)cc2)c(OCC=C)c1. The minimum absolute atomic E-state index is 0.247. The standard InChI is InChI=1S/C23H24O5/c1-5-13-27-19-15-21(26-4)23(22(16-19)28-14-6-2)20(24)12-9-17-7-10-18(25-3)11-8-17/h5-12,15-16H,1-2,13-14H2,3-4H3/b12-9+. The maximum Gasteiger partial charge on any atom is 0.193 e. The molecule has 2 rings (SSSR count). The number of hydrogen-bond acceptors (Lipinski definition) is 5. The van der Waals surface area contributed by atoms with Gasteiger partial charge >= 0.3 is 0 Å². The molecule has 0 N–H and O–H groups in total. The summed E-state index contributed by atoms with van der Waals surface area (Å²) in [5.74, 6) is 1.75. The van der Waals surface area contributed by atoms with E-state index in [0.717, 1.165) is 11.3 Å². The van der Waals surface area contributed by atoms with Gasteiger partial charge in [-0.05, 0) is 23.8 Å². The molecular weight excluding hydrogens is 356 g/mol. The molecule has 0 radical (unpaired) electrons. The summed E-state index contributed by atoms with van der Waals surface area (Å²) < 4.78 is 21.8. The summed E-state index contributed by atoms with van der Waals surface area (Å²) in [4.78, 5) is 12.9. The van der Waals surface area contributed by atoms with E-state index >= 15 is 0 Å². The van der Waals surface area contributed by atoms with Crippen molar-refractivity contribution in [1.82, 2.24) is 0 Å². The molecule has 5 nitrogen and oxygen atoms in total. The molecule has 0 saturated heterocycles. The van der Waals surface area contributed by atoms with Crippen LogP contribution in [0.5, 0.6) is 23.0 Å². The molecule has 0 aromatic heterocycles. The molecular formula is C23H24O5. The third-order valence-electron chi connectivity index (χ3n) is 3.77. The van der Waals surface area contributed by atoms with Crippen molar-refractivity contribution in [2.75, 3.05) is 27.4 Å². The molecule has 2 aromatic carbocycles. The van der Waals surface area contributed by atoms with E-state index in [1.165, 1.54) is 13.2 Å². The maximum atomic E-state index is 12.9. The van der Waals surface area contributed by atoms with E-state index in [9.17, 15) is 4.79 Å². The monoisotopic (exact) mass is 380 g/mol. The van der Waals surface area contributed by atoms with Crippen LogP contribution in [-0.4, -0.2) is 33.2 Å². The second kappa shape index (κ2) is 10.6. The van der Waals surface area contributed by atoms with Crippen molar-refractivity contribution in [3.8, 4) is 23.0 Å². The lowest BCUT2D eigenvalue weighted by atomic mass is 10.1. The van der Waals surface area contributed by atoms with Crippen LogP contribution in [0.2, 0.25) is 0 Å². The van der Waals surface area contributed by atoms with E-state index in [4.69, 9.17) is 18.9 Å². The van der Waals surface area contributed by atoms with Gasteiger partial charge in [-0.1, -0.05) is 43.5 Å². The topological polar surface area (TPSA) is 54.0 Å². The Balaban J connectivity index is 2.35. The number of benzene rings is 2. The van der Waals surface area contributed by atoms with Gasteiger partial charge in [0, 0.05) is 12.1 Å². The lowest BCUT2D eigenvalue weighted by Gasteiger charge is -2.15. The Hall–Kier alpha value is -3.47. The number of hydrogen-bond donors (Lipinski definition) is 0. The highest BCUT2D eigenvalue weighted by atomic mass is 16.5. The Bertz CT molecular complexity index is 850. The fourth-order valence-corrected chi connectivity index (χ4v) is 2.44. The lowest BCUT2D eigenvalue weighted by molar-refractivity contribution is 0.104. The summed E-state index contributed by atoms with van der Waals surface area (Å²) in [6, 6.07) is 10.7. The summed E-state index contributed by atoms with van der Waals surface area (Å²) in [5.41, 5.74) is 1.19. The minimum Gasteiger partial charge on any atom is -0.497 e. The molecule has 5 heteroatoms. The smallest absolute Gasteiger partial charge is 0.193 e. The van der Waals surface area contributed by atoms with Gasteiger partial charge in [-0.15, -0.1) is 0 Å². The summed E-state index contributed by atoms with van der Waals surface area (Å²) in [7, 11) is 3.10. The lowest BCUT2D eigenvalue weighted by Crippen LogP contribution is -2.06. The fourth-order valence-electron chi connectivity index (χ4n) is 2.44. The largest absolute Gasteiger partial charge is 0.497 e. The number of carbonyl (C=O) groups excluding carboxylic acids is 1. The Morgan fingerprint density at radius 3 is 2.14 bits per heavy atom. The normalized spacial score (nSPS) is 10.4. The second-order valence-electron chi connectivity index (χ2n) is 5.67. The fraction of sp³-hybridized carbons (Fsp3) is 0.174. The van der Waals surface area contributed by atoms with Crippen LogP contribution in [-0.2, 0) is 0 Å². The van der Waals surface area contributed by atoms with E-state index in [-0.39, 0.29) is 12.4 Å². The zero-order valence-electron chi connectivity index (χ0n) is 16.1. The Labute approximate surface area is 165 Å². The number of methoxy groups -OCH3 is 2. The molecule has 0 heterocycles. The van der Waals surface area contributed by atoms with Crippen molar-refractivity contribution < 1.29 is 23.7 Å². The number of ketones is 1. The number of rotatable bonds is 11. The van der Waals surface area contributed by atoms with Crippen LogP contribution in [0.1, 0.15) is 15.9 Å². The molecule has 0 aliphatic carbocycles. The molecule has 0 atom stereocenters. The van der Waals surface area contributed by atoms with Crippen molar-refractivity contribution in [3.05, 3.63) is 78.9 Å². The van der Waals surface area contributed by atoms with Crippen molar-refractivity contribution in [2.45, 2.75) is 0 Å². The van der Waals surface area contributed by atoms with Gasteiger partial charge in [-0.25, -0.2) is 0 Å². The number of ether oxygens (including phenoxy) is 4. The second-order valence-corrected chi connectivity index (χ2v) is 5.67. The van der Waals surface area contributed by atoms with Gasteiger partial charge in [0.05, 0.1) is 14.2 Å². The highest BCUT2D eigenvalue weighted by Gasteiger charge is 2.19. The van der Waals surface area contributed by atoms with Gasteiger partial charge in [0.2, 0.25) is 0 Å². The van der Waals surface area contributed by atoms with Crippen LogP contribution in [0.4, 0.5) is 0 Å². The first kappa shape index (κ1) is 20.8. The van der Waals surface area contributed by atoms with Crippen LogP contribution >= 0.6 is 0 Å². The number of carbonyl (C=O) groups is 1. The van der Waals surface area contributed by atoms with Crippen LogP contribution < -0.4 is 18.9 Å². The predicted molar refractivity (Wildman–Crippen MR) is 111 cm³/mol. The zero-order chi connectivity index (χ0) is 20.4. The summed E-state index contributed by atoms with van der Waals surface area (Å²) in [5, 5.41) is 0. The van der Waals surface area contributed by atoms with Crippen molar-refractivity contribution in [2.24, 2.45) is 0 Å². The third kappa shape index (κ3) is 5.51. The molecule has 0 aliphatic heterocycles. The average molecular weight is 380 g/mol. The molecule has 0 spiro atoms. The summed E-state index contributed by atoms with van der Waals surface area (Å²) in [6.45, 7) is 7.85. The molecule has 0 fully saturated rings. The van der Waals surface area contributed by atoms with Gasteiger partial charge < -0.3 is 18.9 Å². The highest BCUT2D eigenvalue weighted by Crippen LogP contribution is 2.35. The van der Waals surface area contributed by atoms with Crippen LogP contribution in [0.3, 0.4) is 0 Å². The zero-order valence-corrected chi connectivity index (χ0v) is 16.1. The Morgan fingerprint density at radius 1 is 0.893 bits per heavy atom. The van der Waals surface area contributed by atoms with Crippen LogP contribution in [0.15, 0.2) is 67.8 Å².